The maximum Gasteiger partial charge on any atom is 0.119 e. The topological polar surface area (TPSA) is 21.3 Å². The monoisotopic (exact) mass is 251 g/mol. The van der Waals surface area contributed by atoms with Gasteiger partial charge in [0.25, 0.3) is 0 Å². The van der Waals surface area contributed by atoms with Crippen LogP contribution in [0.25, 0.3) is 0 Å². The van der Waals surface area contributed by atoms with Crippen LogP contribution in [-0.4, -0.2) is 7.11 Å². The van der Waals surface area contributed by atoms with E-state index in [-0.39, 0.29) is 5.54 Å². The quantitative estimate of drug-likeness (QED) is 0.840. The van der Waals surface area contributed by atoms with Gasteiger partial charge in [-0.2, -0.15) is 0 Å². The molecule has 2 heterocycles. The normalized spacial score (nSPS) is 26.7. The fourth-order valence-electron chi connectivity index (χ4n) is 3.72. The van der Waals surface area contributed by atoms with Crippen LogP contribution in [0.2, 0.25) is 0 Å². The summed E-state index contributed by atoms with van der Waals surface area (Å²) in [6.07, 6.45) is 1.04. The van der Waals surface area contributed by atoms with E-state index in [0.717, 1.165) is 12.2 Å². The first-order valence-corrected chi connectivity index (χ1v) is 6.77. The van der Waals surface area contributed by atoms with Crippen molar-refractivity contribution in [1.29, 1.82) is 0 Å². The van der Waals surface area contributed by atoms with E-state index in [9.17, 15) is 0 Å². The van der Waals surface area contributed by atoms with Crippen LogP contribution in [0.3, 0.4) is 0 Å². The average molecular weight is 251 g/mol. The van der Waals surface area contributed by atoms with Gasteiger partial charge in [0.2, 0.25) is 0 Å². The number of methoxy groups -OCH3 is 1. The third-order valence-corrected chi connectivity index (χ3v) is 4.61. The van der Waals surface area contributed by atoms with Crippen molar-refractivity contribution in [2.45, 2.75) is 24.9 Å². The molecule has 0 saturated heterocycles. The Bertz CT molecular complexity index is 664. The van der Waals surface area contributed by atoms with E-state index in [4.69, 9.17) is 4.74 Å². The van der Waals surface area contributed by atoms with E-state index < -0.39 is 0 Å². The zero-order valence-electron chi connectivity index (χ0n) is 11.2. The molecule has 0 saturated carbocycles. The van der Waals surface area contributed by atoms with Gasteiger partial charge in [0, 0.05) is 6.04 Å². The van der Waals surface area contributed by atoms with E-state index in [0.29, 0.717) is 6.04 Å². The summed E-state index contributed by atoms with van der Waals surface area (Å²) in [6.45, 7) is 2.29. The summed E-state index contributed by atoms with van der Waals surface area (Å²) in [4.78, 5) is 0. The Morgan fingerprint density at radius 1 is 1.16 bits per heavy atom. The molecule has 0 spiro atoms. The van der Waals surface area contributed by atoms with Crippen LogP contribution in [0, 0.1) is 0 Å². The molecular formula is C17H17NO. The fourth-order valence-corrected chi connectivity index (χ4v) is 3.72. The van der Waals surface area contributed by atoms with E-state index in [1.165, 1.54) is 22.3 Å². The molecule has 2 atom stereocenters. The Morgan fingerprint density at radius 2 is 2.00 bits per heavy atom. The summed E-state index contributed by atoms with van der Waals surface area (Å²) in [7, 11) is 1.73. The first kappa shape index (κ1) is 11.1. The predicted molar refractivity (Wildman–Crippen MR) is 75.5 cm³/mol. The molecule has 0 radical (unpaired) electrons. The summed E-state index contributed by atoms with van der Waals surface area (Å²) in [5, 5.41) is 3.78. The minimum Gasteiger partial charge on any atom is -0.497 e. The summed E-state index contributed by atoms with van der Waals surface area (Å²) < 4.78 is 5.36. The van der Waals surface area contributed by atoms with E-state index >= 15 is 0 Å². The molecule has 2 nitrogen and oxygen atoms in total. The highest BCUT2D eigenvalue weighted by Crippen LogP contribution is 2.48. The van der Waals surface area contributed by atoms with Crippen molar-refractivity contribution in [3.05, 3.63) is 64.7 Å². The summed E-state index contributed by atoms with van der Waals surface area (Å²) in [5.74, 6) is 0.952. The third-order valence-electron chi connectivity index (χ3n) is 4.61. The Labute approximate surface area is 113 Å². The van der Waals surface area contributed by atoms with Crippen molar-refractivity contribution >= 4 is 0 Å². The van der Waals surface area contributed by atoms with Crippen LogP contribution in [-0.2, 0) is 12.0 Å². The molecule has 2 aromatic rings. The molecule has 2 heteroatoms. The molecule has 0 aliphatic carbocycles. The van der Waals surface area contributed by atoms with Crippen LogP contribution < -0.4 is 10.1 Å². The molecule has 2 aromatic carbocycles. The maximum absolute atomic E-state index is 5.36. The fraction of sp³-hybridized carbons (Fsp3) is 0.294. The lowest BCUT2D eigenvalue weighted by Crippen LogP contribution is -2.41. The Kier molecular flexibility index (Phi) is 2.10. The van der Waals surface area contributed by atoms with Gasteiger partial charge >= 0.3 is 0 Å². The lowest BCUT2D eigenvalue weighted by Gasteiger charge is -2.34. The van der Waals surface area contributed by atoms with Crippen LogP contribution in [0.1, 0.15) is 35.2 Å². The number of rotatable bonds is 1. The van der Waals surface area contributed by atoms with Crippen molar-refractivity contribution in [2.75, 3.05) is 7.11 Å². The summed E-state index contributed by atoms with van der Waals surface area (Å²) in [5.41, 5.74) is 5.60. The summed E-state index contributed by atoms with van der Waals surface area (Å²) in [6, 6.07) is 15.7. The number of hydrogen-bond acceptors (Lipinski definition) is 2. The minimum atomic E-state index is -0.0544. The van der Waals surface area contributed by atoms with E-state index in [1.807, 2.05) is 0 Å². The third kappa shape index (κ3) is 1.35. The van der Waals surface area contributed by atoms with Gasteiger partial charge in [0.15, 0.2) is 0 Å². The highest BCUT2D eigenvalue weighted by Gasteiger charge is 2.45. The number of fused-ring (bicyclic) bond motifs is 7. The van der Waals surface area contributed by atoms with Crippen LogP contribution >= 0.6 is 0 Å². The molecule has 0 fully saturated rings. The van der Waals surface area contributed by atoms with Gasteiger partial charge in [-0.15, -0.1) is 0 Å². The Hall–Kier alpha value is -1.80. The molecule has 0 unspecified atom stereocenters. The molecule has 4 rings (SSSR count). The van der Waals surface area contributed by atoms with Gasteiger partial charge in [0.05, 0.1) is 12.6 Å². The van der Waals surface area contributed by atoms with Crippen molar-refractivity contribution in [2.24, 2.45) is 0 Å². The molecule has 19 heavy (non-hydrogen) atoms. The SMILES string of the molecule is COc1ccc2c(c1)C[C@@H]1N[C@@]2(C)c2ccccc21. The minimum absolute atomic E-state index is 0.0544. The molecule has 2 aliphatic rings. The largest absolute Gasteiger partial charge is 0.497 e. The maximum atomic E-state index is 5.36. The van der Waals surface area contributed by atoms with Gasteiger partial charge in [-0.1, -0.05) is 30.3 Å². The second kappa shape index (κ2) is 3.61. The summed E-state index contributed by atoms with van der Waals surface area (Å²) >= 11 is 0. The smallest absolute Gasteiger partial charge is 0.119 e. The number of ether oxygens (including phenoxy) is 1. The molecular weight excluding hydrogens is 234 g/mol. The first-order valence-electron chi connectivity index (χ1n) is 6.77. The highest BCUT2D eigenvalue weighted by atomic mass is 16.5. The Morgan fingerprint density at radius 3 is 2.84 bits per heavy atom. The average Bonchev–Trinajstić information content (AvgIpc) is 2.69. The Balaban J connectivity index is 1.96. The van der Waals surface area contributed by atoms with Gasteiger partial charge < -0.3 is 4.74 Å². The second-order valence-corrected chi connectivity index (χ2v) is 5.64. The van der Waals surface area contributed by atoms with Crippen molar-refractivity contribution in [3.63, 3.8) is 0 Å². The van der Waals surface area contributed by atoms with Crippen LogP contribution in [0.4, 0.5) is 0 Å². The first-order chi connectivity index (χ1) is 9.22. The van der Waals surface area contributed by atoms with Crippen LogP contribution in [0.15, 0.2) is 42.5 Å². The molecule has 96 valence electrons. The molecule has 2 aliphatic heterocycles. The molecule has 1 N–H and O–H groups in total. The predicted octanol–water partition coefficient (Wildman–Crippen LogP) is 3.16. The molecule has 0 amide bonds. The van der Waals surface area contributed by atoms with Gasteiger partial charge in [0.1, 0.15) is 5.75 Å². The number of benzene rings is 2. The standard InChI is InChI=1S/C17H17NO/c1-17-14-8-7-12(19-2)9-11(14)10-16(18-17)13-5-3-4-6-15(13)17/h3-9,16,18H,10H2,1-2H3/t16-,17+/m0/s1. The van der Waals surface area contributed by atoms with Crippen LogP contribution in [0.5, 0.6) is 5.75 Å². The second-order valence-electron chi connectivity index (χ2n) is 5.64. The van der Waals surface area contributed by atoms with Crippen molar-refractivity contribution < 1.29 is 4.74 Å². The zero-order chi connectivity index (χ0) is 13.0. The lowest BCUT2D eigenvalue weighted by atomic mass is 9.82. The number of hydrogen-bond donors (Lipinski definition) is 1. The van der Waals surface area contributed by atoms with Gasteiger partial charge in [-0.3, -0.25) is 5.32 Å². The van der Waals surface area contributed by atoms with Gasteiger partial charge in [-0.25, -0.2) is 0 Å². The number of nitrogens with one attached hydrogen (secondary N) is 1. The van der Waals surface area contributed by atoms with E-state index in [2.05, 4.69) is 54.7 Å². The zero-order valence-corrected chi connectivity index (χ0v) is 11.2. The van der Waals surface area contributed by atoms with Crippen molar-refractivity contribution in [3.8, 4) is 5.75 Å². The van der Waals surface area contributed by atoms with E-state index in [1.54, 1.807) is 7.11 Å². The van der Waals surface area contributed by atoms with Gasteiger partial charge in [-0.05, 0) is 47.7 Å². The molecule has 2 bridgehead atoms. The molecule has 0 aromatic heterocycles. The lowest BCUT2D eigenvalue weighted by molar-refractivity contribution is 0.382. The highest BCUT2D eigenvalue weighted by molar-refractivity contribution is 5.55. The van der Waals surface area contributed by atoms with Crippen molar-refractivity contribution in [1.82, 2.24) is 5.32 Å².